The number of phosphoric acid groups is 1. The van der Waals surface area contributed by atoms with Crippen LogP contribution >= 0.6 is 7.82 Å². The Labute approximate surface area is 210 Å². The van der Waals surface area contributed by atoms with E-state index in [1.54, 1.807) is 31.2 Å². The topological polar surface area (TPSA) is 158 Å². The highest BCUT2D eigenvalue weighted by Crippen LogP contribution is 2.36. The lowest BCUT2D eigenvalue weighted by Crippen LogP contribution is -2.42. The zero-order valence-corrected chi connectivity index (χ0v) is 21.9. The molecule has 0 aromatic heterocycles. The van der Waals surface area contributed by atoms with Crippen molar-refractivity contribution < 1.29 is 37.3 Å². The standard InChI is InChI=1S/C23H30N3O8PS/c1-5-18(36(31,32)26-12-15(2)10-16(3)13-26)11-21-17(4)22(25-33-14-34-35(28,29)30)19-8-6-7-9-20(19)23(21)24-27/h5-9,11,15-16,27H,4,10,12-14H2,1-3H3,(H2,28,29,30)/b18-5+,21-11+,24-23+,25-22+. The van der Waals surface area contributed by atoms with Gasteiger partial charge in [0, 0.05) is 35.4 Å². The second kappa shape index (κ2) is 11.2. The average molecular weight is 540 g/mol. The summed E-state index contributed by atoms with van der Waals surface area (Å²) in [6.07, 6.45) is 3.79. The maximum absolute atomic E-state index is 13.6. The molecule has 1 fully saturated rings. The van der Waals surface area contributed by atoms with Gasteiger partial charge in [0.15, 0.2) is 0 Å². The fraction of sp³-hybridized carbons (Fsp3) is 0.391. The molecule has 2 atom stereocenters. The quantitative estimate of drug-likeness (QED) is 0.156. The van der Waals surface area contributed by atoms with Gasteiger partial charge in [-0.3, -0.25) is 0 Å². The van der Waals surface area contributed by atoms with Gasteiger partial charge < -0.3 is 19.8 Å². The van der Waals surface area contributed by atoms with E-state index in [1.807, 2.05) is 13.8 Å². The lowest BCUT2D eigenvalue weighted by molar-refractivity contribution is 0.00128. The fourth-order valence-electron chi connectivity index (χ4n) is 4.42. The molecule has 11 nitrogen and oxygen atoms in total. The molecule has 0 amide bonds. The monoisotopic (exact) mass is 539 g/mol. The van der Waals surface area contributed by atoms with Gasteiger partial charge in [0.05, 0.1) is 4.91 Å². The van der Waals surface area contributed by atoms with E-state index < -0.39 is 24.6 Å². The number of allylic oxidation sites excluding steroid dienone is 4. The van der Waals surface area contributed by atoms with Crippen LogP contribution in [0.1, 0.15) is 38.3 Å². The second-order valence-corrected chi connectivity index (χ2v) is 12.0. The predicted molar refractivity (Wildman–Crippen MR) is 135 cm³/mol. The van der Waals surface area contributed by atoms with Crippen molar-refractivity contribution in [1.82, 2.24) is 4.31 Å². The highest BCUT2D eigenvalue weighted by Gasteiger charge is 2.34. The lowest BCUT2D eigenvalue weighted by Gasteiger charge is -2.34. The zero-order valence-electron chi connectivity index (χ0n) is 20.2. The first-order valence-electron chi connectivity index (χ1n) is 11.2. The minimum atomic E-state index is -4.77. The molecule has 1 aromatic carbocycles. The third-order valence-corrected chi connectivity index (χ3v) is 8.25. The van der Waals surface area contributed by atoms with Crippen molar-refractivity contribution >= 4 is 29.3 Å². The molecule has 1 aromatic rings. The largest absolute Gasteiger partial charge is 0.472 e. The van der Waals surface area contributed by atoms with Crippen LogP contribution in [-0.4, -0.2) is 59.0 Å². The summed E-state index contributed by atoms with van der Waals surface area (Å²) in [5.74, 6) is 0.429. The molecular weight excluding hydrogens is 509 g/mol. The van der Waals surface area contributed by atoms with Crippen molar-refractivity contribution in [2.24, 2.45) is 22.1 Å². The molecule has 1 aliphatic carbocycles. The lowest BCUT2D eigenvalue weighted by atomic mass is 9.81. The summed E-state index contributed by atoms with van der Waals surface area (Å²) >= 11 is 0. The fourth-order valence-corrected chi connectivity index (χ4v) is 6.37. The number of rotatable bonds is 7. The molecule has 0 bridgehead atoms. The first-order chi connectivity index (χ1) is 16.9. The summed E-state index contributed by atoms with van der Waals surface area (Å²) in [5.41, 5.74) is 1.54. The van der Waals surface area contributed by atoms with E-state index in [-0.39, 0.29) is 39.3 Å². The van der Waals surface area contributed by atoms with Crippen LogP contribution in [0, 0.1) is 11.8 Å². The van der Waals surface area contributed by atoms with Crippen molar-refractivity contribution in [2.75, 3.05) is 19.9 Å². The van der Waals surface area contributed by atoms with Gasteiger partial charge in [0.1, 0.15) is 11.4 Å². The molecule has 0 radical (unpaired) electrons. The van der Waals surface area contributed by atoms with E-state index in [9.17, 15) is 18.2 Å². The van der Waals surface area contributed by atoms with Crippen LogP contribution in [0.15, 0.2) is 69.4 Å². The van der Waals surface area contributed by atoms with E-state index in [0.29, 0.717) is 24.2 Å². The molecule has 3 rings (SSSR count). The normalized spacial score (nSPS) is 25.4. The molecule has 1 aliphatic heterocycles. The van der Waals surface area contributed by atoms with E-state index in [0.717, 1.165) is 6.42 Å². The molecule has 3 N–H and O–H groups in total. The summed E-state index contributed by atoms with van der Waals surface area (Å²) in [4.78, 5) is 22.6. The Kier molecular flexibility index (Phi) is 8.71. The highest BCUT2D eigenvalue weighted by atomic mass is 32.2. The average Bonchev–Trinajstić information content (AvgIpc) is 2.80. The van der Waals surface area contributed by atoms with Crippen molar-refractivity contribution in [3.05, 3.63) is 70.2 Å². The van der Waals surface area contributed by atoms with Gasteiger partial charge >= 0.3 is 7.82 Å². The number of hydrogen-bond donors (Lipinski definition) is 3. The summed E-state index contributed by atoms with van der Waals surface area (Å²) in [6, 6.07) is 6.73. The van der Waals surface area contributed by atoms with Crippen molar-refractivity contribution in [2.45, 2.75) is 27.2 Å². The third kappa shape index (κ3) is 6.20. The number of hydrogen-bond acceptors (Lipinski definition) is 8. The van der Waals surface area contributed by atoms with Gasteiger partial charge in [-0.25, -0.2) is 17.5 Å². The predicted octanol–water partition coefficient (Wildman–Crippen LogP) is 3.36. The molecule has 196 valence electrons. The van der Waals surface area contributed by atoms with Crippen LogP contribution in [0.5, 0.6) is 0 Å². The number of benzene rings is 1. The van der Waals surface area contributed by atoms with Gasteiger partial charge in [0.2, 0.25) is 16.8 Å². The minimum absolute atomic E-state index is 0.00517. The summed E-state index contributed by atoms with van der Waals surface area (Å²) in [5, 5.41) is 17.2. The maximum atomic E-state index is 13.6. The van der Waals surface area contributed by atoms with Gasteiger partial charge in [-0.05, 0) is 31.3 Å². The Morgan fingerprint density at radius 3 is 2.31 bits per heavy atom. The Bertz CT molecular complexity index is 1290. The Morgan fingerprint density at radius 1 is 1.19 bits per heavy atom. The first kappa shape index (κ1) is 28.0. The van der Waals surface area contributed by atoms with Crippen LogP contribution in [0.25, 0.3) is 0 Å². The van der Waals surface area contributed by atoms with Crippen LogP contribution < -0.4 is 0 Å². The van der Waals surface area contributed by atoms with Crippen LogP contribution in [-0.2, 0) is 23.9 Å². The summed E-state index contributed by atoms with van der Waals surface area (Å²) < 4.78 is 43.7. The number of piperidine rings is 1. The van der Waals surface area contributed by atoms with Crippen molar-refractivity contribution in [3.8, 4) is 0 Å². The molecular formula is C23H30N3O8PS. The molecule has 1 saturated heterocycles. The minimum Gasteiger partial charge on any atom is -0.410 e. The van der Waals surface area contributed by atoms with Gasteiger partial charge in [-0.15, -0.1) is 0 Å². The molecule has 36 heavy (non-hydrogen) atoms. The molecule has 13 heteroatoms. The number of oxime groups is 2. The van der Waals surface area contributed by atoms with E-state index in [1.165, 1.54) is 16.5 Å². The van der Waals surface area contributed by atoms with Crippen LogP contribution in [0.2, 0.25) is 0 Å². The van der Waals surface area contributed by atoms with Crippen LogP contribution in [0.4, 0.5) is 0 Å². The van der Waals surface area contributed by atoms with Crippen molar-refractivity contribution in [3.63, 3.8) is 0 Å². The number of fused-ring (bicyclic) bond motifs is 1. The smallest absolute Gasteiger partial charge is 0.410 e. The van der Waals surface area contributed by atoms with E-state index in [2.05, 4.69) is 21.4 Å². The number of nitrogens with zero attached hydrogens (tertiary/aromatic N) is 3. The Hall–Kier alpha value is -2.60. The van der Waals surface area contributed by atoms with E-state index in [4.69, 9.17) is 14.6 Å². The Morgan fingerprint density at radius 2 is 1.78 bits per heavy atom. The molecule has 0 spiro atoms. The number of phosphoric ester groups is 1. The SMILES string of the molecule is C=C1C(=C\C(=C/C)S(=O)(=O)N2CC(C)CC(C)C2)/C(=N/O)c2ccccc2/C1=N/OCOP(=O)(O)O. The molecule has 0 saturated carbocycles. The van der Waals surface area contributed by atoms with E-state index >= 15 is 0 Å². The van der Waals surface area contributed by atoms with Crippen molar-refractivity contribution in [1.29, 1.82) is 0 Å². The number of sulfonamides is 1. The van der Waals surface area contributed by atoms with Gasteiger partial charge in [0.25, 0.3) is 0 Å². The summed E-state index contributed by atoms with van der Waals surface area (Å²) in [7, 11) is -8.63. The summed E-state index contributed by atoms with van der Waals surface area (Å²) in [6.45, 7) is 9.61. The maximum Gasteiger partial charge on any atom is 0.472 e. The molecule has 2 aliphatic rings. The zero-order chi connectivity index (χ0) is 26.7. The third-order valence-electron chi connectivity index (χ3n) is 5.88. The Balaban J connectivity index is 2.05. The first-order valence-corrected chi connectivity index (χ1v) is 14.2. The molecule has 1 heterocycles. The van der Waals surface area contributed by atoms with Crippen LogP contribution in [0.3, 0.4) is 0 Å². The van der Waals surface area contributed by atoms with Gasteiger partial charge in [-0.2, -0.15) is 4.31 Å². The highest BCUT2D eigenvalue weighted by molar-refractivity contribution is 7.93. The second-order valence-electron chi connectivity index (χ2n) is 8.80. The molecule has 2 unspecified atom stereocenters. The van der Waals surface area contributed by atoms with Gasteiger partial charge in [-0.1, -0.05) is 61.1 Å².